The fourth-order valence-corrected chi connectivity index (χ4v) is 6.61. The van der Waals surface area contributed by atoms with Crippen LogP contribution >= 0.6 is 0 Å². The first-order valence-electron chi connectivity index (χ1n) is 12.2. The highest BCUT2D eigenvalue weighted by molar-refractivity contribution is 7.93. The first kappa shape index (κ1) is 28.3. The molecular formula is C25H30F3N3O6S. The topological polar surface area (TPSA) is 108 Å². The molecule has 0 aliphatic carbocycles. The van der Waals surface area contributed by atoms with E-state index in [2.05, 4.69) is 5.32 Å². The zero-order valence-corrected chi connectivity index (χ0v) is 21.4. The second-order valence-corrected chi connectivity index (χ2v) is 11.5. The van der Waals surface area contributed by atoms with Crippen LogP contribution in [0.25, 0.3) is 0 Å². The van der Waals surface area contributed by atoms with Gasteiger partial charge in [-0.05, 0) is 74.5 Å². The molecule has 2 fully saturated rings. The summed E-state index contributed by atoms with van der Waals surface area (Å²) in [6, 6.07) is 9.45. The summed E-state index contributed by atoms with van der Waals surface area (Å²) in [7, 11) is -4.23. The van der Waals surface area contributed by atoms with Crippen LogP contribution in [0.3, 0.4) is 0 Å². The minimum absolute atomic E-state index is 0.00735. The molecular weight excluding hydrogens is 527 g/mol. The van der Waals surface area contributed by atoms with E-state index >= 15 is 0 Å². The molecule has 2 N–H and O–H groups in total. The Labute approximate surface area is 219 Å². The SMILES string of the molecule is O=C(N(O)CCN1CCOCC1)C1(S(=O)(=O)c2ccc(Oc3ccc(C(F)(F)F)cc3)cc2)CCNCC1. The average molecular weight is 558 g/mol. The van der Waals surface area contributed by atoms with Gasteiger partial charge in [0.2, 0.25) is 0 Å². The van der Waals surface area contributed by atoms with Gasteiger partial charge >= 0.3 is 6.18 Å². The molecule has 2 saturated heterocycles. The Bertz CT molecular complexity index is 1190. The van der Waals surface area contributed by atoms with Crippen LogP contribution in [0, 0.1) is 0 Å². The number of amides is 1. The van der Waals surface area contributed by atoms with E-state index in [9.17, 15) is 31.6 Å². The number of benzene rings is 2. The van der Waals surface area contributed by atoms with Crippen molar-refractivity contribution in [2.45, 2.75) is 28.7 Å². The van der Waals surface area contributed by atoms with Crippen molar-refractivity contribution >= 4 is 15.7 Å². The Hall–Kier alpha value is -2.71. The second kappa shape index (κ2) is 11.6. The molecule has 2 aliphatic rings. The van der Waals surface area contributed by atoms with E-state index < -0.39 is 32.2 Å². The summed E-state index contributed by atoms with van der Waals surface area (Å²) >= 11 is 0. The lowest BCUT2D eigenvalue weighted by molar-refractivity contribution is -0.170. The summed E-state index contributed by atoms with van der Waals surface area (Å²) in [5.41, 5.74) is -0.814. The molecule has 1 amide bonds. The maximum absolute atomic E-state index is 13.8. The fourth-order valence-electron chi connectivity index (χ4n) is 4.59. The lowest BCUT2D eigenvalue weighted by atomic mass is 9.95. The molecule has 2 aliphatic heterocycles. The summed E-state index contributed by atoms with van der Waals surface area (Å²) in [6.45, 7) is 3.37. The second-order valence-electron chi connectivity index (χ2n) is 9.23. The van der Waals surface area contributed by atoms with Crippen LogP contribution in [-0.4, -0.2) is 86.7 Å². The van der Waals surface area contributed by atoms with E-state index in [1.54, 1.807) is 0 Å². The highest BCUT2D eigenvalue weighted by Crippen LogP contribution is 2.37. The number of ether oxygens (including phenoxy) is 2. The largest absolute Gasteiger partial charge is 0.457 e. The number of rotatable bonds is 8. The van der Waals surface area contributed by atoms with Crippen molar-refractivity contribution in [3.05, 3.63) is 54.1 Å². The number of sulfone groups is 1. The Morgan fingerprint density at radius 2 is 1.58 bits per heavy atom. The molecule has 0 saturated carbocycles. The summed E-state index contributed by atoms with van der Waals surface area (Å²) in [5, 5.41) is 14.2. The molecule has 38 heavy (non-hydrogen) atoms. The molecule has 0 aromatic heterocycles. The number of morpholine rings is 1. The average Bonchev–Trinajstić information content (AvgIpc) is 2.92. The number of nitrogens with zero attached hydrogens (tertiary/aromatic N) is 2. The Morgan fingerprint density at radius 3 is 2.13 bits per heavy atom. The molecule has 0 unspecified atom stereocenters. The molecule has 13 heteroatoms. The summed E-state index contributed by atoms with van der Waals surface area (Å²) in [5.74, 6) is -0.504. The normalized spacial score (nSPS) is 18.6. The van der Waals surface area contributed by atoms with Gasteiger partial charge in [-0.2, -0.15) is 13.2 Å². The van der Waals surface area contributed by atoms with E-state index in [0.29, 0.717) is 37.9 Å². The zero-order chi connectivity index (χ0) is 27.4. The van der Waals surface area contributed by atoms with Crippen LogP contribution in [0.15, 0.2) is 53.4 Å². The smallest absolute Gasteiger partial charge is 0.416 e. The number of hydrogen-bond acceptors (Lipinski definition) is 8. The van der Waals surface area contributed by atoms with Gasteiger partial charge in [-0.25, -0.2) is 13.5 Å². The third-order valence-electron chi connectivity index (χ3n) is 6.83. The first-order chi connectivity index (χ1) is 18.0. The predicted molar refractivity (Wildman–Crippen MR) is 131 cm³/mol. The highest BCUT2D eigenvalue weighted by atomic mass is 32.2. The number of halogens is 3. The third kappa shape index (κ3) is 6.12. The molecule has 2 aromatic rings. The fraction of sp³-hybridized carbons (Fsp3) is 0.480. The van der Waals surface area contributed by atoms with Crippen molar-refractivity contribution < 1.29 is 41.1 Å². The predicted octanol–water partition coefficient (Wildman–Crippen LogP) is 2.94. The monoisotopic (exact) mass is 557 g/mol. The minimum Gasteiger partial charge on any atom is -0.457 e. The van der Waals surface area contributed by atoms with Gasteiger partial charge in [-0.15, -0.1) is 0 Å². The van der Waals surface area contributed by atoms with Gasteiger partial charge < -0.3 is 14.8 Å². The van der Waals surface area contributed by atoms with Crippen LogP contribution in [0.4, 0.5) is 13.2 Å². The number of alkyl halides is 3. The number of carbonyl (C=O) groups is 1. The Kier molecular flexibility index (Phi) is 8.62. The minimum atomic E-state index is -4.47. The zero-order valence-electron chi connectivity index (χ0n) is 20.6. The third-order valence-corrected chi connectivity index (χ3v) is 9.34. The summed E-state index contributed by atoms with van der Waals surface area (Å²) < 4.78 is 74.9. The van der Waals surface area contributed by atoms with Crippen molar-refractivity contribution in [1.29, 1.82) is 0 Å². The molecule has 0 atom stereocenters. The van der Waals surface area contributed by atoms with Gasteiger partial charge in [-0.3, -0.25) is 14.9 Å². The van der Waals surface area contributed by atoms with Crippen LogP contribution < -0.4 is 10.1 Å². The van der Waals surface area contributed by atoms with E-state index in [4.69, 9.17) is 9.47 Å². The molecule has 9 nitrogen and oxygen atoms in total. The lowest BCUT2D eigenvalue weighted by Gasteiger charge is -2.38. The lowest BCUT2D eigenvalue weighted by Crippen LogP contribution is -2.58. The van der Waals surface area contributed by atoms with Crippen molar-refractivity contribution in [1.82, 2.24) is 15.3 Å². The van der Waals surface area contributed by atoms with Crippen molar-refractivity contribution in [2.24, 2.45) is 0 Å². The molecule has 4 rings (SSSR count). The Morgan fingerprint density at radius 1 is 1.03 bits per heavy atom. The molecule has 0 spiro atoms. The van der Waals surface area contributed by atoms with Crippen LogP contribution in [0.1, 0.15) is 18.4 Å². The maximum atomic E-state index is 13.8. The van der Waals surface area contributed by atoms with Gasteiger partial charge in [0.05, 0.1) is 30.2 Å². The Balaban J connectivity index is 1.50. The van der Waals surface area contributed by atoms with E-state index in [1.807, 2.05) is 4.90 Å². The van der Waals surface area contributed by atoms with Crippen LogP contribution in [0.5, 0.6) is 11.5 Å². The van der Waals surface area contributed by atoms with E-state index in [-0.39, 0.29) is 48.9 Å². The van der Waals surface area contributed by atoms with Gasteiger partial charge in [0.1, 0.15) is 11.5 Å². The maximum Gasteiger partial charge on any atom is 0.416 e. The van der Waals surface area contributed by atoms with E-state index in [1.165, 1.54) is 36.4 Å². The van der Waals surface area contributed by atoms with Gasteiger partial charge in [-0.1, -0.05) is 0 Å². The quantitative estimate of drug-likeness (QED) is 0.377. The molecule has 0 bridgehead atoms. The summed E-state index contributed by atoms with van der Waals surface area (Å²) in [6.07, 6.45) is -4.48. The number of hydroxylamine groups is 2. The van der Waals surface area contributed by atoms with Crippen molar-refractivity contribution in [3.8, 4) is 11.5 Å². The number of hydrogen-bond donors (Lipinski definition) is 2. The van der Waals surface area contributed by atoms with Crippen LogP contribution in [-0.2, 0) is 25.5 Å². The van der Waals surface area contributed by atoms with Crippen molar-refractivity contribution in [2.75, 3.05) is 52.5 Å². The first-order valence-corrected chi connectivity index (χ1v) is 13.7. The van der Waals surface area contributed by atoms with Crippen molar-refractivity contribution in [3.63, 3.8) is 0 Å². The summed E-state index contributed by atoms with van der Waals surface area (Å²) in [4.78, 5) is 15.4. The molecule has 2 heterocycles. The molecule has 0 radical (unpaired) electrons. The van der Waals surface area contributed by atoms with E-state index in [0.717, 1.165) is 12.1 Å². The molecule has 2 aromatic carbocycles. The number of nitrogens with one attached hydrogen (secondary N) is 1. The number of carbonyl (C=O) groups excluding carboxylic acids is 1. The van der Waals surface area contributed by atoms with Crippen LogP contribution in [0.2, 0.25) is 0 Å². The number of piperidine rings is 1. The molecule has 208 valence electrons. The highest BCUT2D eigenvalue weighted by Gasteiger charge is 2.53. The van der Waals surface area contributed by atoms with Gasteiger partial charge in [0.15, 0.2) is 14.6 Å². The standard InChI is InChI=1S/C25H30F3N3O6S/c26-25(27,28)19-1-3-20(4-2-19)37-21-5-7-22(8-6-21)38(34,35)24(9-11-29-12-10-24)23(32)31(33)14-13-30-15-17-36-18-16-30/h1-8,29,33H,9-18H2. The van der Waals surface area contributed by atoms with Gasteiger partial charge in [0.25, 0.3) is 5.91 Å². The van der Waals surface area contributed by atoms with Gasteiger partial charge in [0, 0.05) is 19.6 Å².